The highest BCUT2D eigenvalue weighted by atomic mass is 127. The lowest BCUT2D eigenvalue weighted by Gasteiger charge is -2.27. The molecule has 1 atom stereocenters. The van der Waals surface area contributed by atoms with E-state index in [1.807, 2.05) is 18.2 Å². The highest BCUT2D eigenvalue weighted by Gasteiger charge is 2.27. The zero-order valence-electron chi connectivity index (χ0n) is 8.25. The summed E-state index contributed by atoms with van der Waals surface area (Å²) in [7, 11) is 1.76. The summed E-state index contributed by atoms with van der Waals surface area (Å²) in [5, 5.41) is 0. The average molecular weight is 290 g/mol. The van der Waals surface area contributed by atoms with Crippen LogP contribution in [-0.4, -0.2) is 10.5 Å². The quantitative estimate of drug-likeness (QED) is 0.610. The SMILES string of the molecule is COC(c1ccccc1)C(C)(C)I. The van der Waals surface area contributed by atoms with Crippen molar-refractivity contribution >= 4 is 22.6 Å². The Balaban J connectivity index is 2.92. The van der Waals surface area contributed by atoms with Crippen LogP contribution in [-0.2, 0) is 4.74 Å². The van der Waals surface area contributed by atoms with E-state index in [4.69, 9.17) is 4.74 Å². The van der Waals surface area contributed by atoms with Crippen LogP contribution in [0.4, 0.5) is 0 Å². The van der Waals surface area contributed by atoms with Gasteiger partial charge in [-0.25, -0.2) is 0 Å². The Morgan fingerprint density at radius 1 is 1.23 bits per heavy atom. The monoisotopic (exact) mass is 290 g/mol. The fourth-order valence-corrected chi connectivity index (χ4v) is 2.05. The first-order chi connectivity index (χ1) is 6.05. The van der Waals surface area contributed by atoms with E-state index in [0.717, 1.165) is 0 Å². The molecule has 1 aromatic rings. The summed E-state index contributed by atoms with van der Waals surface area (Å²) in [6.45, 7) is 4.35. The number of hydrogen-bond donors (Lipinski definition) is 0. The van der Waals surface area contributed by atoms with Crippen LogP contribution >= 0.6 is 22.6 Å². The molecule has 0 radical (unpaired) electrons. The summed E-state index contributed by atoms with van der Waals surface area (Å²) in [6.07, 6.45) is 0.161. The van der Waals surface area contributed by atoms with Gasteiger partial charge in [-0.1, -0.05) is 52.9 Å². The molecule has 0 amide bonds. The topological polar surface area (TPSA) is 9.23 Å². The Kier molecular flexibility index (Phi) is 3.74. The molecule has 0 aliphatic rings. The molecule has 0 saturated carbocycles. The molecule has 1 rings (SSSR count). The third-order valence-corrected chi connectivity index (χ3v) is 2.53. The minimum Gasteiger partial charge on any atom is -0.375 e. The van der Waals surface area contributed by atoms with E-state index in [-0.39, 0.29) is 9.53 Å². The van der Waals surface area contributed by atoms with E-state index in [1.165, 1.54) is 5.56 Å². The molecule has 1 nitrogen and oxygen atoms in total. The molecule has 1 aromatic carbocycles. The van der Waals surface area contributed by atoms with Crippen LogP contribution in [0.5, 0.6) is 0 Å². The van der Waals surface area contributed by atoms with Crippen LogP contribution in [0.2, 0.25) is 0 Å². The fraction of sp³-hybridized carbons (Fsp3) is 0.455. The highest BCUT2D eigenvalue weighted by Crippen LogP contribution is 2.35. The zero-order valence-corrected chi connectivity index (χ0v) is 10.4. The summed E-state index contributed by atoms with van der Waals surface area (Å²) in [4.78, 5) is 0. The lowest BCUT2D eigenvalue weighted by Crippen LogP contribution is -2.23. The van der Waals surface area contributed by atoms with E-state index >= 15 is 0 Å². The number of benzene rings is 1. The molecular formula is C11H15IO. The van der Waals surface area contributed by atoms with E-state index in [0.29, 0.717) is 0 Å². The number of rotatable bonds is 3. The van der Waals surface area contributed by atoms with Crippen molar-refractivity contribution in [3.63, 3.8) is 0 Å². The summed E-state index contributed by atoms with van der Waals surface area (Å²) < 4.78 is 5.61. The molecule has 2 heteroatoms. The molecule has 0 aromatic heterocycles. The molecular weight excluding hydrogens is 275 g/mol. The predicted octanol–water partition coefficient (Wildman–Crippen LogP) is 3.59. The smallest absolute Gasteiger partial charge is 0.0961 e. The highest BCUT2D eigenvalue weighted by molar-refractivity contribution is 14.1. The number of ether oxygens (including phenoxy) is 1. The van der Waals surface area contributed by atoms with Gasteiger partial charge in [0.15, 0.2) is 0 Å². The second kappa shape index (κ2) is 4.42. The van der Waals surface area contributed by atoms with Crippen molar-refractivity contribution in [1.82, 2.24) is 0 Å². The number of methoxy groups -OCH3 is 1. The second-order valence-corrected chi connectivity index (χ2v) is 6.37. The molecule has 0 heterocycles. The third kappa shape index (κ3) is 2.95. The first kappa shape index (κ1) is 11.0. The minimum absolute atomic E-state index is 0.119. The summed E-state index contributed by atoms with van der Waals surface area (Å²) in [5.41, 5.74) is 1.24. The van der Waals surface area contributed by atoms with Crippen LogP contribution in [0.25, 0.3) is 0 Å². The van der Waals surface area contributed by atoms with Gasteiger partial charge in [-0.2, -0.15) is 0 Å². The van der Waals surface area contributed by atoms with Crippen molar-refractivity contribution in [2.24, 2.45) is 0 Å². The Morgan fingerprint density at radius 2 is 1.77 bits per heavy atom. The van der Waals surface area contributed by atoms with Crippen LogP contribution in [0, 0.1) is 0 Å². The molecule has 0 fully saturated rings. The van der Waals surface area contributed by atoms with Gasteiger partial charge in [0.05, 0.1) is 6.10 Å². The van der Waals surface area contributed by atoms with Crippen molar-refractivity contribution in [3.8, 4) is 0 Å². The average Bonchev–Trinajstić information content (AvgIpc) is 2.05. The number of alkyl halides is 1. The minimum atomic E-state index is 0.119. The maximum absolute atomic E-state index is 5.49. The van der Waals surface area contributed by atoms with Crippen LogP contribution < -0.4 is 0 Å². The molecule has 0 spiro atoms. The van der Waals surface area contributed by atoms with Gasteiger partial charge in [0, 0.05) is 10.5 Å². The van der Waals surface area contributed by atoms with Crippen LogP contribution in [0.15, 0.2) is 30.3 Å². The van der Waals surface area contributed by atoms with E-state index < -0.39 is 0 Å². The fourth-order valence-electron chi connectivity index (χ4n) is 1.44. The van der Waals surface area contributed by atoms with Gasteiger partial charge in [0.25, 0.3) is 0 Å². The van der Waals surface area contributed by atoms with Gasteiger partial charge in [-0.3, -0.25) is 0 Å². The van der Waals surface area contributed by atoms with E-state index in [1.54, 1.807) is 7.11 Å². The van der Waals surface area contributed by atoms with Gasteiger partial charge in [-0.15, -0.1) is 0 Å². The Morgan fingerprint density at radius 3 is 2.15 bits per heavy atom. The van der Waals surface area contributed by atoms with Crippen molar-refractivity contribution in [3.05, 3.63) is 35.9 Å². The Labute approximate surface area is 93.6 Å². The second-order valence-electron chi connectivity index (χ2n) is 3.59. The van der Waals surface area contributed by atoms with Gasteiger partial charge < -0.3 is 4.74 Å². The van der Waals surface area contributed by atoms with Crippen LogP contribution in [0.3, 0.4) is 0 Å². The maximum atomic E-state index is 5.49. The van der Waals surface area contributed by atoms with Crippen molar-refractivity contribution in [2.75, 3.05) is 7.11 Å². The molecule has 1 unspecified atom stereocenters. The molecule has 0 aliphatic heterocycles. The summed E-state index contributed by atoms with van der Waals surface area (Å²) >= 11 is 2.42. The van der Waals surface area contributed by atoms with Crippen molar-refractivity contribution in [1.29, 1.82) is 0 Å². The first-order valence-electron chi connectivity index (χ1n) is 4.32. The molecule has 0 saturated heterocycles. The first-order valence-corrected chi connectivity index (χ1v) is 5.40. The lowest BCUT2D eigenvalue weighted by molar-refractivity contribution is 0.0835. The van der Waals surface area contributed by atoms with Crippen molar-refractivity contribution in [2.45, 2.75) is 23.4 Å². The number of hydrogen-bond acceptors (Lipinski definition) is 1. The normalized spacial score (nSPS) is 14.2. The predicted molar refractivity (Wildman–Crippen MR) is 64.3 cm³/mol. The van der Waals surface area contributed by atoms with Gasteiger partial charge in [-0.05, 0) is 19.4 Å². The van der Waals surface area contributed by atoms with Gasteiger partial charge in [0.2, 0.25) is 0 Å². The largest absolute Gasteiger partial charge is 0.375 e. The maximum Gasteiger partial charge on any atom is 0.0961 e. The molecule has 0 N–H and O–H groups in total. The van der Waals surface area contributed by atoms with Crippen molar-refractivity contribution < 1.29 is 4.74 Å². The van der Waals surface area contributed by atoms with E-state index in [2.05, 4.69) is 48.6 Å². The number of halogens is 1. The Bertz CT molecular complexity index is 251. The Hall–Kier alpha value is -0.0900. The molecule has 72 valence electrons. The molecule has 0 bridgehead atoms. The lowest BCUT2D eigenvalue weighted by atomic mass is 9.99. The molecule has 0 aliphatic carbocycles. The summed E-state index contributed by atoms with van der Waals surface area (Å²) in [5.74, 6) is 0. The summed E-state index contributed by atoms with van der Waals surface area (Å²) in [6, 6.07) is 10.3. The van der Waals surface area contributed by atoms with Gasteiger partial charge >= 0.3 is 0 Å². The standard InChI is InChI=1S/C11H15IO/c1-11(2,12)10(13-3)9-7-5-4-6-8-9/h4-8,10H,1-3H3. The van der Waals surface area contributed by atoms with E-state index in [9.17, 15) is 0 Å². The zero-order chi connectivity index (χ0) is 9.90. The molecule has 13 heavy (non-hydrogen) atoms. The van der Waals surface area contributed by atoms with Gasteiger partial charge in [0.1, 0.15) is 0 Å². The third-order valence-electron chi connectivity index (χ3n) is 1.96. The van der Waals surface area contributed by atoms with Crippen LogP contribution in [0.1, 0.15) is 25.5 Å².